The highest BCUT2D eigenvalue weighted by Gasteiger charge is 2.35. The summed E-state index contributed by atoms with van der Waals surface area (Å²) >= 11 is 1.62. The minimum Gasteiger partial charge on any atom is -0.493 e. The fourth-order valence-electron chi connectivity index (χ4n) is 4.73. The number of hydrogen-bond donors (Lipinski definition) is 2. The third-order valence-electron chi connectivity index (χ3n) is 6.82. The molecule has 0 saturated heterocycles. The molecule has 0 bridgehead atoms. The Balaban J connectivity index is 1.51. The number of aromatic nitrogens is 3. The van der Waals surface area contributed by atoms with Crippen LogP contribution in [0, 0.1) is 6.92 Å². The molecule has 5 rings (SSSR count). The van der Waals surface area contributed by atoms with Crippen molar-refractivity contribution in [2.45, 2.75) is 51.4 Å². The van der Waals surface area contributed by atoms with Gasteiger partial charge < -0.3 is 20.1 Å². The Hall–Kier alpha value is -4.24. The van der Waals surface area contributed by atoms with E-state index in [1.165, 1.54) is 0 Å². The maximum Gasteiger partial charge on any atom is 0.255 e. The Morgan fingerprint density at radius 1 is 1.05 bits per heavy atom. The van der Waals surface area contributed by atoms with Crippen LogP contribution < -0.4 is 20.1 Å². The molecule has 3 aromatic carbocycles. The van der Waals surface area contributed by atoms with Crippen molar-refractivity contribution in [2.24, 2.45) is 0 Å². The minimum atomic E-state index is -0.527. The number of nitrogens with zero attached hydrogens (tertiary/aromatic N) is 3. The molecule has 1 aromatic heterocycles. The summed E-state index contributed by atoms with van der Waals surface area (Å²) < 4.78 is 13.6. The lowest BCUT2D eigenvalue weighted by Crippen LogP contribution is -2.31. The summed E-state index contributed by atoms with van der Waals surface area (Å²) in [4.78, 5) is 18.6. The first-order chi connectivity index (χ1) is 20.0. The molecule has 1 amide bonds. The molecule has 9 heteroatoms. The SMILES string of the molecule is CCCCSc1nc2n(n1)C(c1ccc(OCc3ccccc3)c(OC)c1)C(C(=O)Nc1cccc(C)c1)=C(C)N2. The molecule has 4 aromatic rings. The van der Waals surface area contributed by atoms with Gasteiger partial charge in [0.1, 0.15) is 12.6 Å². The lowest BCUT2D eigenvalue weighted by molar-refractivity contribution is -0.113. The lowest BCUT2D eigenvalue weighted by atomic mass is 9.94. The van der Waals surface area contributed by atoms with E-state index < -0.39 is 6.04 Å². The van der Waals surface area contributed by atoms with Gasteiger partial charge in [-0.2, -0.15) is 4.98 Å². The second-order valence-electron chi connectivity index (χ2n) is 9.94. The van der Waals surface area contributed by atoms with Crippen LogP contribution in [0.5, 0.6) is 11.5 Å². The molecule has 1 aliphatic heterocycles. The van der Waals surface area contributed by atoms with Crippen LogP contribution in [0.2, 0.25) is 0 Å². The number of benzene rings is 3. The Bertz CT molecular complexity index is 1550. The van der Waals surface area contributed by atoms with Gasteiger partial charge in [0.2, 0.25) is 11.1 Å². The highest BCUT2D eigenvalue weighted by Crippen LogP contribution is 2.40. The van der Waals surface area contributed by atoms with Gasteiger partial charge in [-0.3, -0.25) is 4.79 Å². The fourth-order valence-corrected chi connectivity index (χ4v) is 5.65. The van der Waals surface area contributed by atoms with Crippen molar-refractivity contribution in [1.82, 2.24) is 14.8 Å². The van der Waals surface area contributed by atoms with E-state index in [2.05, 4.69) is 17.6 Å². The molecule has 0 saturated carbocycles. The first kappa shape index (κ1) is 28.3. The molecule has 0 spiro atoms. The van der Waals surface area contributed by atoms with Crippen LogP contribution in [0.25, 0.3) is 0 Å². The number of ether oxygens (including phenoxy) is 2. The third-order valence-corrected chi connectivity index (χ3v) is 7.75. The number of aryl methyl sites for hydroxylation is 1. The summed E-state index contributed by atoms with van der Waals surface area (Å²) in [5.74, 6) is 2.51. The molecule has 1 unspecified atom stereocenters. The van der Waals surface area contributed by atoms with E-state index in [9.17, 15) is 4.79 Å². The zero-order valence-electron chi connectivity index (χ0n) is 23.8. The van der Waals surface area contributed by atoms with Crippen molar-refractivity contribution in [2.75, 3.05) is 23.5 Å². The van der Waals surface area contributed by atoms with Gasteiger partial charge in [0.25, 0.3) is 5.91 Å². The number of carbonyl (C=O) groups excluding carboxylic acids is 1. The maximum absolute atomic E-state index is 13.8. The highest BCUT2D eigenvalue weighted by atomic mass is 32.2. The predicted molar refractivity (Wildman–Crippen MR) is 164 cm³/mol. The quantitative estimate of drug-likeness (QED) is 0.149. The maximum atomic E-state index is 13.8. The number of rotatable bonds is 11. The van der Waals surface area contributed by atoms with E-state index in [1.54, 1.807) is 23.6 Å². The van der Waals surface area contributed by atoms with Crippen molar-refractivity contribution in [3.05, 3.63) is 101 Å². The van der Waals surface area contributed by atoms with Gasteiger partial charge in [-0.05, 0) is 61.2 Å². The van der Waals surface area contributed by atoms with Crippen molar-refractivity contribution in [3.8, 4) is 11.5 Å². The van der Waals surface area contributed by atoms with E-state index in [1.807, 2.05) is 86.6 Å². The minimum absolute atomic E-state index is 0.213. The van der Waals surface area contributed by atoms with E-state index in [4.69, 9.17) is 19.6 Å². The number of unbranched alkanes of at least 4 members (excludes halogenated alkanes) is 1. The first-order valence-electron chi connectivity index (χ1n) is 13.8. The van der Waals surface area contributed by atoms with Crippen molar-refractivity contribution < 1.29 is 14.3 Å². The van der Waals surface area contributed by atoms with Crippen LogP contribution in [-0.4, -0.2) is 33.5 Å². The molecular weight excluding hydrogens is 534 g/mol. The van der Waals surface area contributed by atoms with Crippen molar-refractivity contribution in [1.29, 1.82) is 0 Å². The zero-order chi connectivity index (χ0) is 28.8. The zero-order valence-corrected chi connectivity index (χ0v) is 24.6. The molecular formula is C32H35N5O3S. The molecule has 1 aliphatic rings. The van der Waals surface area contributed by atoms with Crippen LogP contribution in [0.15, 0.2) is 89.2 Å². The van der Waals surface area contributed by atoms with E-state index in [0.717, 1.165) is 41.0 Å². The summed E-state index contributed by atoms with van der Waals surface area (Å²) in [5.41, 5.74) is 4.96. The number of amides is 1. The van der Waals surface area contributed by atoms with E-state index >= 15 is 0 Å². The van der Waals surface area contributed by atoms with Crippen LogP contribution in [-0.2, 0) is 11.4 Å². The molecule has 0 fully saturated rings. The number of fused-ring (bicyclic) bond motifs is 1. The topological polar surface area (TPSA) is 90.3 Å². The predicted octanol–water partition coefficient (Wildman–Crippen LogP) is 6.99. The lowest BCUT2D eigenvalue weighted by Gasteiger charge is -2.29. The van der Waals surface area contributed by atoms with E-state index in [-0.39, 0.29) is 5.91 Å². The number of anilines is 2. The molecule has 41 heavy (non-hydrogen) atoms. The third kappa shape index (κ3) is 6.57. The van der Waals surface area contributed by atoms with Crippen LogP contribution in [0.1, 0.15) is 49.4 Å². The van der Waals surface area contributed by atoms with Gasteiger partial charge >= 0.3 is 0 Å². The van der Waals surface area contributed by atoms with Crippen LogP contribution >= 0.6 is 11.8 Å². The molecule has 0 aliphatic carbocycles. The molecule has 8 nitrogen and oxygen atoms in total. The number of hydrogen-bond acceptors (Lipinski definition) is 7. The second-order valence-corrected chi connectivity index (χ2v) is 11.0. The van der Waals surface area contributed by atoms with Crippen LogP contribution in [0.3, 0.4) is 0 Å². The Labute approximate surface area is 245 Å². The van der Waals surface area contributed by atoms with E-state index in [0.29, 0.717) is 40.5 Å². The summed E-state index contributed by atoms with van der Waals surface area (Å²) in [6, 6.07) is 23.0. The first-order valence-corrected chi connectivity index (χ1v) is 14.7. The second kappa shape index (κ2) is 13.0. The molecule has 212 valence electrons. The number of thioether (sulfide) groups is 1. The van der Waals surface area contributed by atoms with Crippen molar-refractivity contribution in [3.63, 3.8) is 0 Å². The summed E-state index contributed by atoms with van der Waals surface area (Å²) in [6.07, 6.45) is 2.18. The van der Waals surface area contributed by atoms with Gasteiger partial charge in [0.05, 0.1) is 12.7 Å². The number of allylic oxidation sites excluding steroid dienone is 1. The van der Waals surface area contributed by atoms with Gasteiger partial charge in [0.15, 0.2) is 11.5 Å². The monoisotopic (exact) mass is 569 g/mol. The molecule has 2 N–H and O–H groups in total. The smallest absolute Gasteiger partial charge is 0.255 e. The Kier molecular flexibility index (Phi) is 8.94. The Morgan fingerprint density at radius 3 is 2.63 bits per heavy atom. The standard InChI is InChI=1S/C32H35N5O3S/c1-5-6-17-41-32-35-31-33-22(3)28(30(38)34-25-14-10-11-21(2)18-25)29(37(31)36-32)24-15-16-26(27(19-24)39-4)40-20-23-12-8-7-9-13-23/h7-16,18-19,29H,5-6,17,20H2,1-4H3,(H,34,38)(H,33,35,36). The van der Waals surface area contributed by atoms with Gasteiger partial charge in [-0.1, -0.05) is 73.6 Å². The summed E-state index contributed by atoms with van der Waals surface area (Å²) in [5, 5.41) is 11.9. The highest BCUT2D eigenvalue weighted by molar-refractivity contribution is 7.99. The van der Waals surface area contributed by atoms with Gasteiger partial charge in [-0.25, -0.2) is 4.68 Å². The van der Waals surface area contributed by atoms with Gasteiger partial charge in [0, 0.05) is 17.1 Å². The molecule has 0 radical (unpaired) electrons. The van der Waals surface area contributed by atoms with Crippen molar-refractivity contribution >= 4 is 29.3 Å². The number of nitrogens with one attached hydrogen (secondary N) is 2. The number of methoxy groups -OCH3 is 1. The van der Waals surface area contributed by atoms with Gasteiger partial charge in [-0.15, -0.1) is 5.10 Å². The normalized spacial score (nSPS) is 14.3. The Morgan fingerprint density at radius 2 is 1.88 bits per heavy atom. The molecule has 1 atom stereocenters. The number of carbonyl (C=O) groups is 1. The summed E-state index contributed by atoms with van der Waals surface area (Å²) in [7, 11) is 1.62. The largest absolute Gasteiger partial charge is 0.493 e. The fraction of sp³-hybridized carbons (Fsp3) is 0.281. The average Bonchev–Trinajstić information content (AvgIpc) is 3.38. The summed E-state index contributed by atoms with van der Waals surface area (Å²) in [6.45, 7) is 6.47. The molecule has 2 heterocycles. The van der Waals surface area contributed by atoms with Crippen LogP contribution in [0.4, 0.5) is 11.6 Å². The average molecular weight is 570 g/mol.